The molecule has 0 spiro atoms. The number of nitrogens with one attached hydrogen (secondary N) is 1. The van der Waals surface area contributed by atoms with Gasteiger partial charge in [0.25, 0.3) is 5.91 Å². The number of anilines is 1. The highest BCUT2D eigenvalue weighted by atomic mass is 32.2. The Labute approximate surface area is 133 Å². The standard InChI is InChI=1S/C15H15FN2O4S/c16-12-3-7-14(8-4-12)22-9-15(19)18-13-5-1-11(2-6-13)10-23(17,20)21/h1-8H,9-10H2,(H,18,19)(H2,17,20,21). The van der Waals surface area contributed by atoms with Crippen molar-refractivity contribution in [1.29, 1.82) is 0 Å². The Balaban J connectivity index is 1.86. The van der Waals surface area contributed by atoms with Crippen LogP contribution < -0.4 is 15.2 Å². The molecule has 6 nitrogen and oxygen atoms in total. The molecule has 2 aromatic rings. The maximum atomic E-state index is 12.7. The molecule has 0 aliphatic heterocycles. The molecular weight excluding hydrogens is 323 g/mol. The Morgan fingerprint density at radius 3 is 2.26 bits per heavy atom. The molecule has 0 unspecified atom stereocenters. The number of nitrogens with two attached hydrogens (primary N) is 1. The lowest BCUT2D eigenvalue weighted by Gasteiger charge is -2.08. The van der Waals surface area contributed by atoms with E-state index in [0.29, 0.717) is 17.0 Å². The zero-order chi connectivity index (χ0) is 16.9. The minimum absolute atomic E-state index is 0.232. The summed E-state index contributed by atoms with van der Waals surface area (Å²) in [5, 5.41) is 7.55. The van der Waals surface area contributed by atoms with Crippen molar-refractivity contribution >= 4 is 21.6 Å². The van der Waals surface area contributed by atoms with Crippen LogP contribution in [0.2, 0.25) is 0 Å². The summed E-state index contributed by atoms with van der Waals surface area (Å²) >= 11 is 0. The zero-order valence-electron chi connectivity index (χ0n) is 12.0. The van der Waals surface area contributed by atoms with E-state index in [-0.39, 0.29) is 18.2 Å². The van der Waals surface area contributed by atoms with Crippen molar-refractivity contribution in [2.75, 3.05) is 11.9 Å². The largest absolute Gasteiger partial charge is 0.484 e. The molecule has 23 heavy (non-hydrogen) atoms. The van der Waals surface area contributed by atoms with E-state index in [4.69, 9.17) is 9.88 Å². The number of benzene rings is 2. The van der Waals surface area contributed by atoms with Crippen LogP contribution in [0, 0.1) is 5.82 Å². The van der Waals surface area contributed by atoms with Crippen LogP contribution in [-0.2, 0) is 20.6 Å². The molecule has 2 aromatic carbocycles. The van der Waals surface area contributed by atoms with E-state index < -0.39 is 15.9 Å². The Morgan fingerprint density at radius 1 is 1.09 bits per heavy atom. The van der Waals surface area contributed by atoms with Crippen molar-refractivity contribution in [3.05, 3.63) is 59.9 Å². The van der Waals surface area contributed by atoms with Crippen molar-refractivity contribution in [1.82, 2.24) is 0 Å². The van der Waals surface area contributed by atoms with Gasteiger partial charge in [0.15, 0.2) is 6.61 Å². The third-order valence-electron chi connectivity index (χ3n) is 2.79. The fourth-order valence-electron chi connectivity index (χ4n) is 1.79. The van der Waals surface area contributed by atoms with E-state index in [1.807, 2.05) is 0 Å². The summed E-state index contributed by atoms with van der Waals surface area (Å²) in [5.41, 5.74) is 1.02. The molecule has 0 heterocycles. The van der Waals surface area contributed by atoms with Gasteiger partial charge in [0.1, 0.15) is 11.6 Å². The van der Waals surface area contributed by atoms with Gasteiger partial charge in [-0.15, -0.1) is 0 Å². The van der Waals surface area contributed by atoms with Gasteiger partial charge in [-0.1, -0.05) is 12.1 Å². The van der Waals surface area contributed by atoms with Gasteiger partial charge in [-0.05, 0) is 42.0 Å². The summed E-state index contributed by atoms with van der Waals surface area (Å²) in [5.74, 6) is -0.672. The number of halogens is 1. The number of carbonyl (C=O) groups is 1. The van der Waals surface area contributed by atoms with Gasteiger partial charge in [-0.25, -0.2) is 17.9 Å². The third-order valence-corrected chi connectivity index (χ3v) is 3.52. The van der Waals surface area contributed by atoms with E-state index >= 15 is 0 Å². The van der Waals surface area contributed by atoms with E-state index in [2.05, 4.69) is 5.32 Å². The lowest BCUT2D eigenvalue weighted by atomic mass is 10.2. The Hall–Kier alpha value is -2.45. The molecule has 0 aliphatic carbocycles. The van der Waals surface area contributed by atoms with Gasteiger partial charge in [0.05, 0.1) is 5.75 Å². The van der Waals surface area contributed by atoms with Crippen LogP contribution in [-0.4, -0.2) is 20.9 Å². The van der Waals surface area contributed by atoms with Gasteiger partial charge in [0, 0.05) is 5.69 Å². The van der Waals surface area contributed by atoms with Crippen LogP contribution in [0.25, 0.3) is 0 Å². The van der Waals surface area contributed by atoms with Crippen molar-refractivity contribution in [2.24, 2.45) is 5.14 Å². The average Bonchev–Trinajstić information content (AvgIpc) is 2.47. The molecular formula is C15H15FN2O4S. The van der Waals surface area contributed by atoms with Gasteiger partial charge in [-0.2, -0.15) is 0 Å². The number of ether oxygens (including phenoxy) is 1. The number of hydrogen-bond acceptors (Lipinski definition) is 4. The summed E-state index contributed by atoms with van der Waals surface area (Å²) in [6.07, 6.45) is 0. The van der Waals surface area contributed by atoms with E-state index in [9.17, 15) is 17.6 Å². The SMILES string of the molecule is NS(=O)(=O)Cc1ccc(NC(=O)COc2ccc(F)cc2)cc1. The molecule has 1 amide bonds. The molecule has 0 bridgehead atoms. The number of amides is 1. The van der Waals surface area contributed by atoms with Crippen molar-refractivity contribution in [3.63, 3.8) is 0 Å². The quantitative estimate of drug-likeness (QED) is 0.836. The summed E-state index contributed by atoms with van der Waals surface area (Å²) in [4.78, 5) is 11.7. The predicted octanol–water partition coefficient (Wildman–Crippen LogP) is 1.63. The van der Waals surface area contributed by atoms with Crippen LogP contribution >= 0.6 is 0 Å². The molecule has 0 aliphatic rings. The molecule has 122 valence electrons. The molecule has 0 radical (unpaired) electrons. The minimum Gasteiger partial charge on any atom is -0.484 e. The average molecular weight is 338 g/mol. The van der Waals surface area contributed by atoms with Crippen LogP contribution in [0.3, 0.4) is 0 Å². The van der Waals surface area contributed by atoms with Crippen LogP contribution in [0.15, 0.2) is 48.5 Å². The second kappa shape index (κ2) is 7.21. The highest BCUT2D eigenvalue weighted by Crippen LogP contribution is 2.13. The molecule has 8 heteroatoms. The monoisotopic (exact) mass is 338 g/mol. The fraction of sp³-hybridized carbons (Fsp3) is 0.133. The van der Waals surface area contributed by atoms with Gasteiger partial charge >= 0.3 is 0 Å². The Kier molecular flexibility index (Phi) is 5.30. The molecule has 0 saturated carbocycles. The molecule has 3 N–H and O–H groups in total. The Morgan fingerprint density at radius 2 is 1.70 bits per heavy atom. The van der Waals surface area contributed by atoms with Crippen molar-refractivity contribution in [2.45, 2.75) is 5.75 Å². The van der Waals surface area contributed by atoms with Crippen LogP contribution in [0.5, 0.6) is 5.75 Å². The lowest BCUT2D eigenvalue weighted by Crippen LogP contribution is -2.20. The number of sulfonamides is 1. The smallest absolute Gasteiger partial charge is 0.262 e. The van der Waals surface area contributed by atoms with E-state index in [1.165, 1.54) is 24.3 Å². The number of carbonyl (C=O) groups excluding carboxylic acids is 1. The number of rotatable bonds is 6. The van der Waals surface area contributed by atoms with Crippen LogP contribution in [0.1, 0.15) is 5.56 Å². The Bertz CT molecular complexity index is 774. The predicted molar refractivity (Wildman–Crippen MR) is 83.8 cm³/mol. The zero-order valence-corrected chi connectivity index (χ0v) is 12.8. The summed E-state index contributed by atoms with van der Waals surface area (Å²) in [6.45, 7) is -0.232. The van der Waals surface area contributed by atoms with Gasteiger partial charge in [-0.3, -0.25) is 4.79 Å². The highest BCUT2D eigenvalue weighted by Gasteiger charge is 2.07. The molecule has 0 atom stereocenters. The van der Waals surface area contributed by atoms with Crippen molar-refractivity contribution in [3.8, 4) is 5.75 Å². The fourth-order valence-corrected chi connectivity index (χ4v) is 2.45. The van der Waals surface area contributed by atoms with Crippen LogP contribution in [0.4, 0.5) is 10.1 Å². The number of hydrogen-bond donors (Lipinski definition) is 2. The minimum atomic E-state index is -3.59. The van der Waals surface area contributed by atoms with E-state index in [1.54, 1.807) is 24.3 Å². The second-order valence-electron chi connectivity index (χ2n) is 4.79. The normalized spacial score (nSPS) is 11.0. The summed E-state index contributed by atoms with van der Waals surface area (Å²) < 4.78 is 39.9. The maximum Gasteiger partial charge on any atom is 0.262 e. The van der Waals surface area contributed by atoms with Gasteiger partial charge < -0.3 is 10.1 Å². The first kappa shape index (κ1) is 16.9. The first-order chi connectivity index (χ1) is 10.8. The molecule has 2 rings (SSSR count). The molecule has 0 fully saturated rings. The van der Waals surface area contributed by atoms with Gasteiger partial charge in [0.2, 0.25) is 10.0 Å². The molecule has 0 aromatic heterocycles. The summed E-state index contributed by atoms with van der Waals surface area (Å²) in [6, 6.07) is 11.6. The maximum absolute atomic E-state index is 12.7. The summed E-state index contributed by atoms with van der Waals surface area (Å²) in [7, 11) is -3.59. The topological polar surface area (TPSA) is 98.5 Å². The van der Waals surface area contributed by atoms with E-state index in [0.717, 1.165) is 0 Å². The molecule has 0 saturated heterocycles. The lowest BCUT2D eigenvalue weighted by molar-refractivity contribution is -0.118. The third kappa shape index (κ3) is 6.05. The first-order valence-electron chi connectivity index (χ1n) is 6.59. The second-order valence-corrected chi connectivity index (χ2v) is 6.41. The van der Waals surface area contributed by atoms with Crippen molar-refractivity contribution < 1.29 is 22.3 Å². The number of primary sulfonamides is 1. The highest BCUT2D eigenvalue weighted by molar-refractivity contribution is 7.88. The first-order valence-corrected chi connectivity index (χ1v) is 8.31.